The van der Waals surface area contributed by atoms with Gasteiger partial charge in [-0.2, -0.15) is 0 Å². The van der Waals surface area contributed by atoms with E-state index >= 15 is 0 Å². The third kappa shape index (κ3) is 2.84. The number of nitrogens with zero attached hydrogens (tertiary/aromatic N) is 2. The second kappa shape index (κ2) is 5.87. The normalized spacial score (nSPS) is 10.8. The molecule has 3 rings (SSSR count). The Morgan fingerprint density at radius 1 is 1.05 bits per heavy atom. The minimum atomic E-state index is 0.592. The molecule has 0 unspecified atom stereocenters. The molecule has 0 saturated carbocycles. The summed E-state index contributed by atoms with van der Waals surface area (Å²) in [7, 11) is 1.65. The molecule has 0 radical (unpaired) electrons. The van der Waals surface area contributed by atoms with Crippen molar-refractivity contribution in [3.05, 3.63) is 54.4 Å². The summed E-state index contributed by atoms with van der Waals surface area (Å²) in [4.78, 5) is 4.55. The number of hydrogen-bond donors (Lipinski definition) is 0. The second-order valence-corrected chi connectivity index (χ2v) is 4.83. The smallest absolute Gasteiger partial charge is 0.123 e. The number of benzene rings is 2. The Kier molecular flexibility index (Phi) is 3.77. The van der Waals surface area contributed by atoms with Gasteiger partial charge in [0.25, 0.3) is 0 Å². The average Bonchev–Trinajstić information content (AvgIpc) is 2.83. The van der Waals surface area contributed by atoms with Gasteiger partial charge in [0.2, 0.25) is 0 Å². The molecule has 0 aliphatic carbocycles. The first-order chi connectivity index (χ1) is 10.3. The average molecular weight is 282 g/mol. The van der Waals surface area contributed by atoms with Gasteiger partial charge in [0.1, 0.15) is 23.9 Å². The number of aromatic nitrogens is 2. The summed E-state index contributed by atoms with van der Waals surface area (Å²) >= 11 is 0. The van der Waals surface area contributed by atoms with E-state index < -0.39 is 0 Å². The molecule has 0 saturated heterocycles. The van der Waals surface area contributed by atoms with Gasteiger partial charge < -0.3 is 14.0 Å². The number of para-hydroxylation sites is 2. The highest BCUT2D eigenvalue weighted by Crippen LogP contribution is 2.19. The number of hydrogen-bond acceptors (Lipinski definition) is 3. The molecule has 4 heteroatoms. The van der Waals surface area contributed by atoms with Gasteiger partial charge in [-0.1, -0.05) is 18.2 Å². The number of fused-ring (bicyclic) bond motifs is 1. The molecule has 0 fully saturated rings. The monoisotopic (exact) mass is 282 g/mol. The quantitative estimate of drug-likeness (QED) is 0.719. The van der Waals surface area contributed by atoms with Gasteiger partial charge in [-0.25, -0.2) is 4.98 Å². The Bertz CT molecular complexity index is 749. The van der Waals surface area contributed by atoms with Crippen molar-refractivity contribution in [3.8, 4) is 11.5 Å². The van der Waals surface area contributed by atoms with Crippen LogP contribution in [0.1, 0.15) is 5.82 Å². The zero-order valence-electron chi connectivity index (χ0n) is 12.2. The van der Waals surface area contributed by atoms with Crippen molar-refractivity contribution in [2.45, 2.75) is 13.5 Å². The van der Waals surface area contributed by atoms with Crippen LogP contribution in [-0.4, -0.2) is 23.3 Å². The Balaban J connectivity index is 1.70. The van der Waals surface area contributed by atoms with E-state index in [0.29, 0.717) is 6.61 Å². The van der Waals surface area contributed by atoms with Crippen molar-refractivity contribution < 1.29 is 9.47 Å². The molecule has 21 heavy (non-hydrogen) atoms. The Hall–Kier alpha value is -2.49. The predicted octanol–water partition coefficient (Wildman–Crippen LogP) is 3.43. The number of rotatable bonds is 5. The molecule has 2 aromatic carbocycles. The molecule has 0 aliphatic heterocycles. The molecule has 108 valence electrons. The van der Waals surface area contributed by atoms with Crippen molar-refractivity contribution in [2.24, 2.45) is 0 Å². The lowest BCUT2D eigenvalue weighted by molar-refractivity contribution is 0.297. The van der Waals surface area contributed by atoms with E-state index in [2.05, 4.69) is 15.6 Å². The zero-order valence-corrected chi connectivity index (χ0v) is 12.2. The summed E-state index contributed by atoms with van der Waals surface area (Å²) in [5, 5.41) is 0. The highest BCUT2D eigenvalue weighted by molar-refractivity contribution is 5.75. The van der Waals surface area contributed by atoms with E-state index in [-0.39, 0.29) is 0 Å². The lowest BCUT2D eigenvalue weighted by Crippen LogP contribution is -2.09. The lowest BCUT2D eigenvalue weighted by Gasteiger charge is -2.10. The fourth-order valence-corrected chi connectivity index (χ4v) is 2.42. The first-order valence-electron chi connectivity index (χ1n) is 6.96. The molecule has 0 N–H and O–H groups in total. The maximum absolute atomic E-state index is 5.80. The summed E-state index contributed by atoms with van der Waals surface area (Å²) in [6.45, 7) is 3.38. The molecule has 0 amide bonds. The molecular formula is C17H18N2O2. The second-order valence-electron chi connectivity index (χ2n) is 4.83. The third-order valence-electron chi connectivity index (χ3n) is 3.47. The Labute approximate surface area is 123 Å². The minimum absolute atomic E-state index is 0.592. The van der Waals surface area contributed by atoms with Gasteiger partial charge in [0.15, 0.2) is 0 Å². The molecule has 0 atom stereocenters. The summed E-state index contributed by atoms with van der Waals surface area (Å²) in [5.41, 5.74) is 2.17. The van der Waals surface area contributed by atoms with Crippen LogP contribution in [0, 0.1) is 6.92 Å². The molecule has 3 aromatic rings. The van der Waals surface area contributed by atoms with Gasteiger partial charge >= 0.3 is 0 Å². The molecule has 0 bridgehead atoms. The van der Waals surface area contributed by atoms with Crippen molar-refractivity contribution >= 4 is 11.0 Å². The zero-order chi connectivity index (χ0) is 14.7. The number of imidazole rings is 1. The van der Waals surface area contributed by atoms with Crippen LogP contribution in [0.25, 0.3) is 11.0 Å². The lowest BCUT2D eigenvalue weighted by atomic mass is 10.3. The molecule has 1 aromatic heterocycles. The molecular weight excluding hydrogens is 264 g/mol. The fraction of sp³-hybridized carbons (Fsp3) is 0.235. The van der Waals surface area contributed by atoms with Crippen molar-refractivity contribution in [1.82, 2.24) is 9.55 Å². The maximum atomic E-state index is 5.80. The standard InChI is InChI=1S/C17H18N2O2/c1-13-18-16-8-3-4-9-17(16)19(13)10-11-21-15-7-5-6-14(12-15)20-2/h3-9,12H,10-11H2,1-2H3. The summed E-state index contributed by atoms with van der Waals surface area (Å²) in [6, 6.07) is 15.8. The number of methoxy groups -OCH3 is 1. The molecule has 0 aliphatic rings. The third-order valence-corrected chi connectivity index (χ3v) is 3.47. The highest BCUT2D eigenvalue weighted by Gasteiger charge is 2.06. The Morgan fingerprint density at radius 3 is 2.71 bits per heavy atom. The van der Waals surface area contributed by atoms with E-state index in [9.17, 15) is 0 Å². The first kappa shape index (κ1) is 13.5. The number of ether oxygens (including phenoxy) is 2. The summed E-state index contributed by atoms with van der Waals surface area (Å²) in [5.74, 6) is 2.62. The maximum Gasteiger partial charge on any atom is 0.123 e. The van der Waals surface area contributed by atoms with Crippen LogP contribution in [0.5, 0.6) is 11.5 Å². The summed E-state index contributed by atoms with van der Waals surface area (Å²) < 4.78 is 13.2. The van der Waals surface area contributed by atoms with Gasteiger partial charge in [-0.15, -0.1) is 0 Å². The van der Waals surface area contributed by atoms with E-state index in [1.807, 2.05) is 49.4 Å². The van der Waals surface area contributed by atoms with Crippen LogP contribution in [0.2, 0.25) is 0 Å². The van der Waals surface area contributed by atoms with E-state index in [1.165, 1.54) is 0 Å². The van der Waals surface area contributed by atoms with Gasteiger partial charge in [0, 0.05) is 6.07 Å². The fourth-order valence-electron chi connectivity index (χ4n) is 2.42. The van der Waals surface area contributed by atoms with E-state index in [4.69, 9.17) is 9.47 Å². The van der Waals surface area contributed by atoms with Crippen LogP contribution in [0.4, 0.5) is 0 Å². The Morgan fingerprint density at radius 2 is 1.86 bits per heavy atom. The van der Waals surface area contributed by atoms with Crippen LogP contribution in [0.3, 0.4) is 0 Å². The van der Waals surface area contributed by atoms with Crippen LogP contribution in [0.15, 0.2) is 48.5 Å². The predicted molar refractivity (Wildman–Crippen MR) is 83.0 cm³/mol. The topological polar surface area (TPSA) is 36.3 Å². The van der Waals surface area contributed by atoms with Crippen LogP contribution in [-0.2, 0) is 6.54 Å². The van der Waals surface area contributed by atoms with E-state index in [0.717, 1.165) is 34.9 Å². The van der Waals surface area contributed by atoms with Crippen LogP contribution >= 0.6 is 0 Å². The molecule has 1 heterocycles. The summed E-state index contributed by atoms with van der Waals surface area (Å²) in [6.07, 6.45) is 0. The largest absolute Gasteiger partial charge is 0.497 e. The van der Waals surface area contributed by atoms with Crippen molar-refractivity contribution in [1.29, 1.82) is 0 Å². The van der Waals surface area contributed by atoms with Crippen LogP contribution < -0.4 is 9.47 Å². The van der Waals surface area contributed by atoms with Gasteiger partial charge in [0.05, 0.1) is 24.7 Å². The highest BCUT2D eigenvalue weighted by atomic mass is 16.5. The minimum Gasteiger partial charge on any atom is -0.497 e. The first-order valence-corrected chi connectivity index (χ1v) is 6.96. The molecule has 0 spiro atoms. The molecule has 4 nitrogen and oxygen atoms in total. The van der Waals surface area contributed by atoms with Crippen molar-refractivity contribution in [2.75, 3.05) is 13.7 Å². The van der Waals surface area contributed by atoms with E-state index in [1.54, 1.807) is 7.11 Å². The SMILES string of the molecule is COc1cccc(OCCn2c(C)nc3ccccc32)c1. The van der Waals surface area contributed by atoms with Crippen molar-refractivity contribution in [3.63, 3.8) is 0 Å². The number of aryl methyl sites for hydroxylation is 1. The van der Waals surface area contributed by atoms with Gasteiger partial charge in [-0.3, -0.25) is 0 Å². The van der Waals surface area contributed by atoms with Gasteiger partial charge in [-0.05, 0) is 31.2 Å².